The van der Waals surface area contributed by atoms with E-state index in [9.17, 15) is 4.79 Å². The smallest absolute Gasteiger partial charge is 0.229 e. The molecule has 0 radical (unpaired) electrons. The number of carbonyl (C=O) groups excluding carboxylic acids is 1. The molecule has 0 aromatic heterocycles. The van der Waals surface area contributed by atoms with Crippen LogP contribution >= 0.6 is 12.2 Å². The third-order valence-electron chi connectivity index (χ3n) is 4.57. The van der Waals surface area contributed by atoms with Gasteiger partial charge in [-0.3, -0.25) is 4.79 Å². The van der Waals surface area contributed by atoms with Gasteiger partial charge in [0, 0.05) is 18.5 Å². The van der Waals surface area contributed by atoms with Crippen molar-refractivity contribution in [2.24, 2.45) is 5.92 Å². The molecular formula is C15H26N2OS. The normalized spacial score (nSPS) is 25.1. The number of rotatable bonds is 2. The van der Waals surface area contributed by atoms with Gasteiger partial charge in [-0.15, -0.1) is 0 Å². The summed E-state index contributed by atoms with van der Waals surface area (Å²) in [5.74, 6) is 0.349. The van der Waals surface area contributed by atoms with E-state index in [2.05, 4.69) is 17.1 Å². The Kier molecular flexibility index (Phi) is 5.61. The first-order valence-electron chi connectivity index (χ1n) is 7.84. The van der Waals surface area contributed by atoms with Crippen molar-refractivity contribution in [3.8, 4) is 0 Å². The molecule has 108 valence electrons. The zero-order valence-corrected chi connectivity index (χ0v) is 12.8. The van der Waals surface area contributed by atoms with E-state index in [0.717, 1.165) is 25.8 Å². The minimum absolute atomic E-state index is 0.158. The van der Waals surface area contributed by atoms with Crippen LogP contribution in [0.1, 0.15) is 64.7 Å². The molecule has 1 N–H and O–H groups in total. The van der Waals surface area contributed by atoms with E-state index in [1.807, 2.05) is 0 Å². The molecule has 1 saturated heterocycles. The van der Waals surface area contributed by atoms with Crippen molar-refractivity contribution in [2.45, 2.75) is 70.8 Å². The molecule has 2 fully saturated rings. The zero-order chi connectivity index (χ0) is 13.7. The molecule has 0 spiro atoms. The number of nitrogens with one attached hydrogen (secondary N) is 1. The van der Waals surface area contributed by atoms with Crippen LogP contribution in [-0.2, 0) is 4.79 Å². The Bertz CT molecular complexity index is 326. The number of likely N-dealkylation sites (tertiary alicyclic amines) is 1. The predicted octanol–water partition coefficient (Wildman–Crippen LogP) is 3.23. The molecule has 0 aromatic carbocycles. The number of hydrogen-bond acceptors (Lipinski definition) is 2. The average Bonchev–Trinajstić information content (AvgIpc) is 2.48. The molecule has 19 heavy (non-hydrogen) atoms. The molecular weight excluding hydrogens is 256 g/mol. The van der Waals surface area contributed by atoms with E-state index in [0.29, 0.717) is 11.2 Å². The molecule has 1 aliphatic heterocycles. The topological polar surface area (TPSA) is 32.3 Å². The maximum atomic E-state index is 12.2. The SMILES string of the molecule is CC[C@@H]1CCCCN1C(=S)NC(=O)C1CCCCC1. The van der Waals surface area contributed by atoms with Crippen molar-refractivity contribution >= 4 is 23.2 Å². The van der Waals surface area contributed by atoms with Gasteiger partial charge in [0.2, 0.25) is 5.91 Å². The maximum absolute atomic E-state index is 12.2. The van der Waals surface area contributed by atoms with Crippen molar-refractivity contribution in [1.29, 1.82) is 0 Å². The van der Waals surface area contributed by atoms with E-state index < -0.39 is 0 Å². The molecule has 1 amide bonds. The highest BCUT2D eigenvalue weighted by atomic mass is 32.1. The summed E-state index contributed by atoms with van der Waals surface area (Å²) in [5.41, 5.74) is 0. The predicted molar refractivity (Wildman–Crippen MR) is 82.0 cm³/mol. The van der Waals surface area contributed by atoms with Crippen LogP contribution in [0.4, 0.5) is 0 Å². The van der Waals surface area contributed by atoms with Gasteiger partial charge in [0.25, 0.3) is 0 Å². The van der Waals surface area contributed by atoms with Crippen molar-refractivity contribution in [3.63, 3.8) is 0 Å². The molecule has 4 heteroatoms. The lowest BCUT2D eigenvalue weighted by molar-refractivity contribution is -0.124. The minimum atomic E-state index is 0.158. The number of amides is 1. The maximum Gasteiger partial charge on any atom is 0.229 e. The second-order valence-corrected chi connectivity index (χ2v) is 6.27. The lowest BCUT2D eigenvalue weighted by Gasteiger charge is -2.37. The molecule has 1 heterocycles. The zero-order valence-electron chi connectivity index (χ0n) is 12.0. The van der Waals surface area contributed by atoms with Crippen LogP contribution in [0.15, 0.2) is 0 Å². The van der Waals surface area contributed by atoms with Crippen molar-refractivity contribution in [1.82, 2.24) is 10.2 Å². The molecule has 1 atom stereocenters. The number of carbonyl (C=O) groups is 1. The standard InChI is InChI=1S/C15H26N2OS/c1-2-13-10-6-7-11-17(13)15(19)16-14(18)12-8-4-3-5-9-12/h12-13H,2-11H2,1H3,(H,16,18,19)/t13-/m1/s1. The lowest BCUT2D eigenvalue weighted by Crippen LogP contribution is -2.51. The summed E-state index contributed by atoms with van der Waals surface area (Å²) in [5, 5.41) is 3.67. The van der Waals surface area contributed by atoms with Crippen molar-refractivity contribution < 1.29 is 4.79 Å². The number of hydrogen-bond donors (Lipinski definition) is 1. The van der Waals surface area contributed by atoms with Crippen LogP contribution in [-0.4, -0.2) is 28.5 Å². The number of nitrogens with zero attached hydrogens (tertiary/aromatic N) is 1. The third-order valence-corrected chi connectivity index (χ3v) is 4.90. The Morgan fingerprint density at radius 1 is 1.16 bits per heavy atom. The van der Waals surface area contributed by atoms with Crippen LogP contribution in [0.25, 0.3) is 0 Å². The monoisotopic (exact) mass is 282 g/mol. The fourth-order valence-electron chi connectivity index (χ4n) is 3.34. The lowest BCUT2D eigenvalue weighted by atomic mass is 9.89. The second-order valence-electron chi connectivity index (χ2n) is 5.88. The Morgan fingerprint density at radius 2 is 1.84 bits per heavy atom. The van der Waals surface area contributed by atoms with Gasteiger partial charge in [-0.05, 0) is 50.7 Å². The van der Waals surface area contributed by atoms with Crippen molar-refractivity contribution in [2.75, 3.05) is 6.54 Å². The van der Waals surface area contributed by atoms with Crippen LogP contribution in [0.3, 0.4) is 0 Å². The van der Waals surface area contributed by atoms with Crippen LogP contribution in [0.2, 0.25) is 0 Å². The van der Waals surface area contributed by atoms with Crippen molar-refractivity contribution in [3.05, 3.63) is 0 Å². The molecule has 1 aliphatic carbocycles. The number of piperidine rings is 1. The summed E-state index contributed by atoms with van der Waals surface area (Å²) in [6, 6.07) is 0.521. The van der Waals surface area contributed by atoms with E-state index in [1.54, 1.807) is 0 Å². The van der Waals surface area contributed by atoms with Gasteiger partial charge < -0.3 is 10.2 Å². The van der Waals surface area contributed by atoms with Gasteiger partial charge >= 0.3 is 0 Å². The van der Waals surface area contributed by atoms with Crippen LogP contribution < -0.4 is 5.32 Å². The fraction of sp³-hybridized carbons (Fsp3) is 0.867. The quantitative estimate of drug-likeness (QED) is 0.789. The van der Waals surface area contributed by atoms with Gasteiger partial charge in [0.1, 0.15) is 0 Å². The summed E-state index contributed by atoms with van der Waals surface area (Å²) in [4.78, 5) is 14.5. The Balaban J connectivity index is 1.86. The second kappa shape index (κ2) is 7.22. The molecule has 0 unspecified atom stereocenters. The van der Waals surface area contributed by atoms with Gasteiger partial charge in [0.05, 0.1) is 0 Å². The Morgan fingerprint density at radius 3 is 2.53 bits per heavy atom. The van der Waals surface area contributed by atoms with E-state index in [-0.39, 0.29) is 11.8 Å². The summed E-state index contributed by atoms with van der Waals surface area (Å²) < 4.78 is 0. The Hall–Kier alpha value is -0.640. The fourth-order valence-corrected chi connectivity index (χ4v) is 3.68. The molecule has 2 rings (SSSR count). The van der Waals surface area contributed by atoms with E-state index in [4.69, 9.17) is 12.2 Å². The molecule has 2 aliphatic rings. The largest absolute Gasteiger partial charge is 0.346 e. The molecule has 0 aromatic rings. The van der Waals surface area contributed by atoms with Gasteiger partial charge in [-0.25, -0.2) is 0 Å². The van der Waals surface area contributed by atoms with E-state index in [1.165, 1.54) is 38.5 Å². The first-order valence-corrected chi connectivity index (χ1v) is 8.24. The van der Waals surface area contributed by atoms with Gasteiger partial charge in [-0.2, -0.15) is 0 Å². The van der Waals surface area contributed by atoms with E-state index >= 15 is 0 Å². The number of thiocarbonyl (C=S) groups is 1. The third kappa shape index (κ3) is 3.91. The summed E-state index contributed by atoms with van der Waals surface area (Å²) in [6.07, 6.45) is 10.5. The highest BCUT2D eigenvalue weighted by Gasteiger charge is 2.26. The van der Waals surface area contributed by atoms with Gasteiger partial charge in [0.15, 0.2) is 5.11 Å². The van der Waals surface area contributed by atoms with Crippen LogP contribution in [0, 0.1) is 5.92 Å². The highest BCUT2D eigenvalue weighted by molar-refractivity contribution is 7.80. The minimum Gasteiger partial charge on any atom is -0.346 e. The highest BCUT2D eigenvalue weighted by Crippen LogP contribution is 2.24. The summed E-state index contributed by atoms with van der Waals surface area (Å²) >= 11 is 5.46. The van der Waals surface area contributed by atoms with Gasteiger partial charge in [-0.1, -0.05) is 26.2 Å². The molecule has 3 nitrogen and oxygen atoms in total. The first-order chi connectivity index (χ1) is 9.22. The molecule has 0 bridgehead atoms. The summed E-state index contributed by atoms with van der Waals surface area (Å²) in [7, 11) is 0. The van der Waals surface area contributed by atoms with Crippen LogP contribution in [0.5, 0.6) is 0 Å². The molecule has 1 saturated carbocycles. The first kappa shape index (κ1) is 14.8. The average molecular weight is 282 g/mol. The summed E-state index contributed by atoms with van der Waals surface area (Å²) in [6.45, 7) is 3.21. The Labute approximate surface area is 122 Å².